The monoisotopic (exact) mass is 449 g/mol. The van der Waals surface area contributed by atoms with E-state index in [0.717, 1.165) is 32.1 Å². The van der Waals surface area contributed by atoms with Crippen LogP contribution in [-0.2, 0) is 19.1 Å². The molecule has 2 N–H and O–H groups in total. The number of unbranched alkanes of at least 4 members (excludes halogenated alkanes) is 11. The number of carboxylic acid groups (broad SMARTS) is 1. The number of esters is 2. The van der Waals surface area contributed by atoms with Crippen LogP contribution >= 0.6 is 0 Å². The summed E-state index contributed by atoms with van der Waals surface area (Å²) < 4.78 is 4.64. The SMILES string of the molecule is CCCCCCCC/C=C\CCCCCCCC(=O)OC(=O)CC[C@H](N)C(=O)[O-].[K+]. The summed E-state index contributed by atoms with van der Waals surface area (Å²) in [5.41, 5.74) is 5.24. The van der Waals surface area contributed by atoms with E-state index < -0.39 is 23.9 Å². The molecule has 0 aromatic carbocycles. The molecule has 0 bridgehead atoms. The van der Waals surface area contributed by atoms with Crippen LogP contribution in [0.25, 0.3) is 0 Å². The predicted octanol–water partition coefficient (Wildman–Crippen LogP) is 0.955. The number of carbonyl (C=O) groups is 3. The number of carboxylic acids is 1. The first-order valence-electron chi connectivity index (χ1n) is 11.3. The topological polar surface area (TPSA) is 110 Å². The van der Waals surface area contributed by atoms with Crippen LogP contribution in [0.3, 0.4) is 0 Å². The molecule has 0 amide bonds. The van der Waals surface area contributed by atoms with Gasteiger partial charge in [0.1, 0.15) is 0 Å². The van der Waals surface area contributed by atoms with Crippen molar-refractivity contribution in [1.29, 1.82) is 0 Å². The third-order valence-electron chi connectivity index (χ3n) is 4.83. The van der Waals surface area contributed by atoms with Crippen molar-refractivity contribution >= 4 is 17.9 Å². The Morgan fingerprint density at radius 3 is 1.80 bits per heavy atom. The average molecular weight is 450 g/mol. The summed E-state index contributed by atoms with van der Waals surface area (Å²) in [6.45, 7) is 2.24. The largest absolute Gasteiger partial charge is 1.00 e. The fourth-order valence-electron chi connectivity index (χ4n) is 2.96. The van der Waals surface area contributed by atoms with Gasteiger partial charge in [-0.15, -0.1) is 0 Å². The third kappa shape index (κ3) is 22.6. The number of ether oxygens (including phenoxy) is 1. The van der Waals surface area contributed by atoms with E-state index in [0.29, 0.717) is 6.42 Å². The fraction of sp³-hybridized carbons (Fsp3) is 0.783. The molecular formula is C23H40KNO5. The Kier molecular flexibility index (Phi) is 25.3. The first-order valence-corrected chi connectivity index (χ1v) is 11.3. The molecule has 6 nitrogen and oxygen atoms in total. The summed E-state index contributed by atoms with van der Waals surface area (Å²) in [4.78, 5) is 33.4. The summed E-state index contributed by atoms with van der Waals surface area (Å²) in [5.74, 6) is -2.72. The minimum Gasteiger partial charge on any atom is -0.548 e. The number of hydrogen-bond donors (Lipinski definition) is 1. The Morgan fingerprint density at radius 2 is 1.27 bits per heavy atom. The normalized spacial score (nSPS) is 11.8. The molecule has 0 aliphatic heterocycles. The van der Waals surface area contributed by atoms with Crippen LogP contribution in [0.4, 0.5) is 0 Å². The molecule has 1 atom stereocenters. The van der Waals surface area contributed by atoms with Crippen molar-refractivity contribution in [3.05, 3.63) is 12.2 Å². The molecule has 0 aliphatic rings. The second-order valence-corrected chi connectivity index (χ2v) is 7.64. The number of allylic oxidation sites excluding steroid dienone is 2. The number of aliphatic carboxylic acids is 1. The Morgan fingerprint density at radius 1 is 0.800 bits per heavy atom. The van der Waals surface area contributed by atoms with E-state index >= 15 is 0 Å². The molecule has 0 unspecified atom stereocenters. The van der Waals surface area contributed by atoms with Crippen molar-refractivity contribution in [2.24, 2.45) is 5.73 Å². The zero-order valence-electron chi connectivity index (χ0n) is 19.2. The van der Waals surface area contributed by atoms with E-state index in [1.165, 1.54) is 44.9 Å². The molecule has 0 spiro atoms. The Balaban J connectivity index is 0. The molecular weight excluding hydrogens is 409 g/mol. The van der Waals surface area contributed by atoms with Crippen LogP contribution in [-0.4, -0.2) is 23.9 Å². The van der Waals surface area contributed by atoms with Crippen molar-refractivity contribution in [2.75, 3.05) is 0 Å². The molecule has 0 saturated carbocycles. The van der Waals surface area contributed by atoms with Crippen LogP contribution in [0.5, 0.6) is 0 Å². The summed E-state index contributed by atoms with van der Waals surface area (Å²) >= 11 is 0. The van der Waals surface area contributed by atoms with Crippen molar-refractivity contribution in [3.63, 3.8) is 0 Å². The number of nitrogens with two attached hydrogens (primary N) is 1. The van der Waals surface area contributed by atoms with Gasteiger partial charge in [-0.3, -0.25) is 9.59 Å². The Labute approximate surface area is 225 Å². The van der Waals surface area contributed by atoms with Crippen LogP contribution in [0.1, 0.15) is 110 Å². The van der Waals surface area contributed by atoms with Crippen LogP contribution in [0.2, 0.25) is 0 Å². The van der Waals surface area contributed by atoms with Gasteiger partial charge in [-0.1, -0.05) is 70.4 Å². The van der Waals surface area contributed by atoms with Gasteiger partial charge in [-0.05, 0) is 38.5 Å². The van der Waals surface area contributed by atoms with Gasteiger partial charge in [0.15, 0.2) is 0 Å². The number of rotatable bonds is 19. The second-order valence-electron chi connectivity index (χ2n) is 7.64. The van der Waals surface area contributed by atoms with E-state index in [9.17, 15) is 19.5 Å². The van der Waals surface area contributed by atoms with Crippen LogP contribution < -0.4 is 62.2 Å². The van der Waals surface area contributed by atoms with Gasteiger partial charge in [0.05, 0.1) is 5.97 Å². The van der Waals surface area contributed by atoms with Crippen molar-refractivity contribution in [3.8, 4) is 0 Å². The quantitative estimate of drug-likeness (QED) is 0.103. The van der Waals surface area contributed by atoms with E-state index in [-0.39, 0.29) is 70.6 Å². The van der Waals surface area contributed by atoms with Crippen molar-refractivity contribution in [2.45, 2.75) is 116 Å². The molecule has 0 heterocycles. The van der Waals surface area contributed by atoms with Gasteiger partial charge >= 0.3 is 63.3 Å². The molecule has 0 rings (SSSR count). The van der Waals surface area contributed by atoms with Gasteiger partial charge in [0.25, 0.3) is 0 Å². The minimum absolute atomic E-state index is 0. The standard InChI is InChI=1S/C23H41NO5.K/c1-2-3-4-5-6-7-8-9-10-11-12-13-14-15-16-17-21(25)29-22(26)19-18-20(24)23(27)28;/h9-10,20H,2-8,11-19,24H2,1H3,(H,27,28);/q;+1/p-1/b10-9-;/t20-;/m0./s1. The van der Waals surface area contributed by atoms with Crippen molar-refractivity contribution in [1.82, 2.24) is 0 Å². The molecule has 0 radical (unpaired) electrons. The molecule has 0 fully saturated rings. The maximum absolute atomic E-state index is 11.6. The average Bonchev–Trinajstić information content (AvgIpc) is 2.68. The smallest absolute Gasteiger partial charge is 0.548 e. The summed E-state index contributed by atoms with van der Waals surface area (Å²) in [5, 5.41) is 10.4. The van der Waals surface area contributed by atoms with E-state index in [2.05, 4.69) is 23.8 Å². The van der Waals surface area contributed by atoms with Gasteiger partial charge in [0, 0.05) is 18.9 Å². The maximum Gasteiger partial charge on any atom is 1.00 e. The van der Waals surface area contributed by atoms with Gasteiger partial charge < -0.3 is 20.4 Å². The van der Waals surface area contributed by atoms with Gasteiger partial charge in [-0.2, -0.15) is 0 Å². The molecule has 7 heteroatoms. The predicted molar refractivity (Wildman–Crippen MR) is 113 cm³/mol. The zero-order valence-corrected chi connectivity index (χ0v) is 22.3. The van der Waals surface area contributed by atoms with E-state index in [4.69, 9.17) is 5.73 Å². The minimum atomic E-state index is -1.42. The Hall–Kier alpha value is -0.0536. The number of carbonyl (C=O) groups excluding carboxylic acids is 3. The fourth-order valence-corrected chi connectivity index (χ4v) is 2.96. The molecule has 0 aliphatic carbocycles. The zero-order chi connectivity index (χ0) is 21.7. The molecule has 0 aromatic heterocycles. The summed E-state index contributed by atoms with van der Waals surface area (Å²) in [6, 6.07) is -1.22. The van der Waals surface area contributed by atoms with Crippen LogP contribution in [0.15, 0.2) is 12.2 Å². The number of hydrogen-bond acceptors (Lipinski definition) is 6. The van der Waals surface area contributed by atoms with Crippen molar-refractivity contribution < 1.29 is 75.6 Å². The second kappa shape index (κ2) is 23.6. The van der Waals surface area contributed by atoms with E-state index in [1.807, 2.05) is 0 Å². The first-order chi connectivity index (χ1) is 14.0. The Bertz CT molecular complexity index is 482. The molecule has 0 aromatic rings. The first kappa shape index (κ1) is 32.1. The van der Waals surface area contributed by atoms with Gasteiger partial charge in [-0.25, -0.2) is 0 Å². The third-order valence-corrected chi connectivity index (χ3v) is 4.83. The molecule has 168 valence electrons. The molecule has 0 saturated heterocycles. The summed E-state index contributed by atoms with van der Waals surface area (Å²) in [6.07, 6.45) is 19.8. The van der Waals surface area contributed by atoms with Crippen LogP contribution in [0, 0.1) is 0 Å². The summed E-state index contributed by atoms with van der Waals surface area (Å²) in [7, 11) is 0. The van der Waals surface area contributed by atoms with E-state index in [1.54, 1.807) is 0 Å². The maximum atomic E-state index is 11.6. The van der Waals surface area contributed by atoms with Gasteiger partial charge in [0.2, 0.25) is 0 Å². The molecule has 30 heavy (non-hydrogen) atoms.